The van der Waals surface area contributed by atoms with Gasteiger partial charge in [0.25, 0.3) is 6.71 Å². The molecule has 3 nitrogen and oxygen atoms in total. The van der Waals surface area contributed by atoms with Gasteiger partial charge in [0, 0.05) is 34.1 Å². The highest BCUT2D eigenvalue weighted by Gasteiger charge is 2.53. The van der Waals surface area contributed by atoms with Gasteiger partial charge in [0.15, 0.2) is 0 Å². The minimum absolute atomic E-state index is 0.0330. The Labute approximate surface area is 390 Å². The van der Waals surface area contributed by atoms with E-state index in [-0.39, 0.29) is 51.2 Å². The number of nitrogens with zero attached hydrogens (tertiary/aromatic N) is 2. The Kier molecular flexibility index (Phi) is 8.78. The van der Waals surface area contributed by atoms with Crippen LogP contribution in [0.1, 0.15) is 156 Å². The Morgan fingerprint density at radius 2 is 1.23 bits per heavy atom. The normalized spacial score (nSPS) is 21.0. The minimum atomic E-state index is -0.116. The molecule has 5 aliphatic rings. The van der Waals surface area contributed by atoms with E-state index in [1.54, 1.807) is 0 Å². The standard InChI is InChI=1S/C61H69BN2O/c1-56(2,3)36-23-26-39(27-24-36)63-49-32-38(58(7,8)9)33-50-53(49)62(55-54(63)42-34-44-45(35-51(42)65-55)60(12,13)30-29-59(44,10)11)46-31-37(57(4,5)6)25-28-47(46)64(50)48-22-18-20-41-40-19-16-17-21-43(40)61(14,15)52(41)48/h16-28,31-35,48,52H,29-30H2,1-15H3. The first kappa shape index (κ1) is 42.4. The fraction of sp³-hybridized carbons (Fsp3) is 0.410. The smallest absolute Gasteiger partial charge is 0.297 e. The van der Waals surface area contributed by atoms with Gasteiger partial charge in [-0.3, -0.25) is 0 Å². The Bertz CT molecular complexity index is 3040. The molecule has 0 N–H and O–H groups in total. The second-order valence-corrected chi connectivity index (χ2v) is 25.4. The number of furan rings is 1. The molecule has 11 rings (SSSR count). The summed E-state index contributed by atoms with van der Waals surface area (Å²) in [5.41, 5.74) is 22.0. The lowest BCUT2D eigenvalue weighted by Gasteiger charge is -2.49. The molecule has 1 aromatic heterocycles. The molecular weight excluding hydrogens is 787 g/mol. The van der Waals surface area contributed by atoms with Crippen LogP contribution < -0.4 is 26.4 Å². The van der Waals surface area contributed by atoms with Crippen LogP contribution in [0.2, 0.25) is 0 Å². The lowest BCUT2D eigenvalue weighted by molar-refractivity contribution is 0.332. The second-order valence-electron chi connectivity index (χ2n) is 25.4. The SMILES string of the molecule is CC(C)(C)c1ccc(N2c3cc(C(C)(C)C)cc4c3B(c3cc(C(C)(C)C)ccc3N4C3C=CC=C4c5ccccc5C(C)(C)C43)c3oc4cc5c(cc4c32)C(C)(C)CCC5(C)C)cc1. The minimum Gasteiger partial charge on any atom is -0.468 e. The summed E-state index contributed by atoms with van der Waals surface area (Å²) in [5.74, 6) is 0.245. The summed E-state index contributed by atoms with van der Waals surface area (Å²) in [4.78, 5) is 5.38. The first-order chi connectivity index (χ1) is 30.4. The van der Waals surface area contributed by atoms with E-state index in [1.807, 2.05) is 0 Å². The van der Waals surface area contributed by atoms with Crippen molar-refractivity contribution in [1.82, 2.24) is 0 Å². The van der Waals surface area contributed by atoms with Gasteiger partial charge in [-0.25, -0.2) is 0 Å². The van der Waals surface area contributed by atoms with E-state index < -0.39 is 0 Å². The maximum absolute atomic E-state index is 7.62. The number of rotatable bonds is 2. The number of hydrogen-bond donors (Lipinski definition) is 0. The zero-order chi connectivity index (χ0) is 46.1. The molecule has 2 unspecified atom stereocenters. The van der Waals surface area contributed by atoms with Gasteiger partial charge in [-0.1, -0.05) is 171 Å². The van der Waals surface area contributed by atoms with Gasteiger partial charge in [0.2, 0.25) is 0 Å². The molecule has 4 heteroatoms. The zero-order valence-electron chi connectivity index (χ0n) is 41.8. The predicted molar refractivity (Wildman–Crippen MR) is 279 cm³/mol. The molecule has 2 atom stereocenters. The topological polar surface area (TPSA) is 19.6 Å². The van der Waals surface area contributed by atoms with E-state index >= 15 is 0 Å². The zero-order valence-corrected chi connectivity index (χ0v) is 41.8. The van der Waals surface area contributed by atoms with Crippen LogP contribution in [0, 0.1) is 5.92 Å². The maximum Gasteiger partial charge on any atom is 0.297 e. The van der Waals surface area contributed by atoms with Crippen LogP contribution in [0.15, 0.2) is 114 Å². The van der Waals surface area contributed by atoms with Gasteiger partial charge >= 0.3 is 0 Å². The van der Waals surface area contributed by atoms with Crippen LogP contribution in [-0.4, -0.2) is 12.8 Å². The van der Waals surface area contributed by atoms with E-state index in [1.165, 1.54) is 89.3 Å². The summed E-state index contributed by atoms with van der Waals surface area (Å²) in [5, 5.41) is 1.21. The van der Waals surface area contributed by atoms with Crippen molar-refractivity contribution in [1.29, 1.82) is 0 Å². The molecule has 332 valence electrons. The fourth-order valence-electron chi connectivity index (χ4n) is 12.6. The lowest BCUT2D eigenvalue weighted by atomic mass is 9.35. The van der Waals surface area contributed by atoms with Crippen molar-refractivity contribution in [3.05, 3.63) is 148 Å². The molecular formula is C61H69BN2O. The van der Waals surface area contributed by atoms with Gasteiger partial charge in [-0.15, -0.1) is 0 Å². The van der Waals surface area contributed by atoms with Crippen LogP contribution in [0.4, 0.5) is 28.4 Å². The molecule has 0 amide bonds. The molecule has 0 fully saturated rings. The van der Waals surface area contributed by atoms with E-state index in [9.17, 15) is 0 Å². The highest BCUT2D eigenvalue weighted by atomic mass is 16.3. The van der Waals surface area contributed by atoms with Crippen LogP contribution in [0.25, 0.3) is 16.5 Å². The van der Waals surface area contributed by atoms with Gasteiger partial charge in [-0.05, 0) is 143 Å². The van der Waals surface area contributed by atoms with Crippen LogP contribution in [0.3, 0.4) is 0 Å². The first-order valence-electron chi connectivity index (χ1n) is 24.5. The quantitative estimate of drug-likeness (QED) is 0.162. The van der Waals surface area contributed by atoms with Crippen molar-refractivity contribution >= 4 is 68.3 Å². The van der Waals surface area contributed by atoms with Gasteiger partial charge < -0.3 is 14.2 Å². The van der Waals surface area contributed by atoms with E-state index in [2.05, 4.69) is 223 Å². The summed E-state index contributed by atoms with van der Waals surface area (Å²) in [6, 6.07) is 36.2. The molecule has 0 spiro atoms. The van der Waals surface area contributed by atoms with Gasteiger partial charge in [0.05, 0.1) is 17.4 Å². The summed E-state index contributed by atoms with van der Waals surface area (Å²) >= 11 is 0. The number of benzene rings is 5. The molecule has 2 aliphatic heterocycles. The highest BCUT2D eigenvalue weighted by molar-refractivity contribution is 6.99. The molecule has 0 bridgehead atoms. The molecule has 3 heterocycles. The average Bonchev–Trinajstić information content (AvgIpc) is 3.72. The van der Waals surface area contributed by atoms with E-state index in [4.69, 9.17) is 4.42 Å². The summed E-state index contributed by atoms with van der Waals surface area (Å²) < 4.78 is 7.62. The Balaban J connectivity index is 1.26. The Hall–Kier alpha value is -5.22. The summed E-state index contributed by atoms with van der Waals surface area (Å²) in [6.45, 7) is 35.8. The summed E-state index contributed by atoms with van der Waals surface area (Å²) in [6.07, 6.45) is 9.57. The van der Waals surface area contributed by atoms with Crippen molar-refractivity contribution in [2.75, 3.05) is 9.80 Å². The molecule has 3 aliphatic carbocycles. The van der Waals surface area contributed by atoms with Crippen molar-refractivity contribution in [2.45, 2.75) is 155 Å². The molecule has 0 saturated heterocycles. The first-order valence-corrected chi connectivity index (χ1v) is 24.5. The number of fused-ring (bicyclic) bond motifs is 10. The van der Waals surface area contributed by atoms with Crippen LogP contribution in [0.5, 0.6) is 0 Å². The molecule has 0 saturated carbocycles. The lowest BCUT2D eigenvalue weighted by Crippen LogP contribution is -2.63. The van der Waals surface area contributed by atoms with Crippen LogP contribution in [-0.2, 0) is 32.5 Å². The average molecular weight is 857 g/mol. The number of allylic oxidation sites excluding steroid dienone is 2. The number of anilines is 5. The largest absolute Gasteiger partial charge is 0.468 e. The third kappa shape index (κ3) is 6.13. The number of hydrogen-bond acceptors (Lipinski definition) is 3. The predicted octanol–water partition coefficient (Wildman–Crippen LogP) is 14.4. The highest BCUT2D eigenvalue weighted by Crippen LogP contribution is 2.57. The Morgan fingerprint density at radius 3 is 1.89 bits per heavy atom. The van der Waals surface area contributed by atoms with Crippen molar-refractivity contribution in [3.63, 3.8) is 0 Å². The third-order valence-electron chi connectivity index (χ3n) is 16.7. The Morgan fingerprint density at radius 1 is 0.615 bits per heavy atom. The van der Waals surface area contributed by atoms with E-state index in [0.717, 1.165) is 24.1 Å². The van der Waals surface area contributed by atoms with E-state index in [0.29, 0.717) is 0 Å². The van der Waals surface area contributed by atoms with Gasteiger partial charge in [0.1, 0.15) is 5.58 Å². The van der Waals surface area contributed by atoms with Crippen LogP contribution >= 0.6 is 0 Å². The fourth-order valence-corrected chi connectivity index (χ4v) is 12.6. The molecule has 0 radical (unpaired) electrons. The van der Waals surface area contributed by atoms with Crippen molar-refractivity contribution < 1.29 is 4.42 Å². The second kappa shape index (κ2) is 13.5. The molecule has 65 heavy (non-hydrogen) atoms. The third-order valence-corrected chi connectivity index (χ3v) is 16.7. The maximum atomic E-state index is 7.62. The summed E-state index contributed by atoms with van der Waals surface area (Å²) in [7, 11) is 0. The monoisotopic (exact) mass is 857 g/mol. The van der Waals surface area contributed by atoms with Crippen molar-refractivity contribution in [2.24, 2.45) is 5.92 Å². The molecule has 6 aromatic rings. The molecule has 5 aromatic carbocycles. The van der Waals surface area contributed by atoms with Gasteiger partial charge in [-0.2, -0.15) is 0 Å². The van der Waals surface area contributed by atoms with Crippen molar-refractivity contribution in [3.8, 4) is 0 Å².